The van der Waals surface area contributed by atoms with E-state index >= 15 is 0 Å². The van der Waals surface area contributed by atoms with Crippen LogP contribution in [-0.2, 0) is 9.59 Å². The van der Waals surface area contributed by atoms with Crippen molar-refractivity contribution in [2.45, 2.75) is 6.42 Å². The van der Waals surface area contributed by atoms with E-state index in [1.165, 1.54) is 4.90 Å². The molecule has 2 aromatic carbocycles. The number of carboxylic acids is 1. The van der Waals surface area contributed by atoms with Gasteiger partial charge in [-0.05, 0) is 24.3 Å². The van der Waals surface area contributed by atoms with E-state index in [2.05, 4.69) is 4.98 Å². The summed E-state index contributed by atoms with van der Waals surface area (Å²) in [5, 5.41) is 9.86. The Kier molecular flexibility index (Phi) is 4.09. The number of halogens is 2. The van der Waals surface area contributed by atoms with Gasteiger partial charge in [-0.1, -0.05) is 29.3 Å². The second-order valence-electron chi connectivity index (χ2n) is 6.02. The van der Waals surface area contributed by atoms with Crippen molar-refractivity contribution in [1.29, 1.82) is 0 Å². The number of carbonyl (C=O) groups is 2. The number of carboxylic acid groups (broad SMARTS) is 1. The number of nitrogens with zero attached hydrogens (tertiary/aromatic N) is 2. The van der Waals surface area contributed by atoms with Crippen molar-refractivity contribution >= 4 is 51.9 Å². The number of aromatic nitrogens is 1. The Morgan fingerprint density at radius 3 is 2.81 bits per heavy atom. The topological polar surface area (TPSA) is 83.6 Å². The van der Waals surface area contributed by atoms with Crippen LogP contribution in [0.2, 0.25) is 10.0 Å². The first kappa shape index (κ1) is 16.9. The van der Waals surface area contributed by atoms with Gasteiger partial charge in [-0.15, -0.1) is 0 Å². The average molecular weight is 391 g/mol. The fourth-order valence-electron chi connectivity index (χ4n) is 2.99. The lowest BCUT2D eigenvalue weighted by Gasteiger charge is -2.15. The van der Waals surface area contributed by atoms with Crippen molar-refractivity contribution in [3.05, 3.63) is 46.4 Å². The van der Waals surface area contributed by atoms with Crippen LogP contribution in [0.1, 0.15) is 6.42 Å². The molecule has 0 radical (unpaired) electrons. The first-order valence-electron chi connectivity index (χ1n) is 7.82. The molecule has 0 unspecified atom stereocenters. The van der Waals surface area contributed by atoms with Gasteiger partial charge in [-0.3, -0.25) is 9.59 Å². The summed E-state index contributed by atoms with van der Waals surface area (Å²) in [6, 6.07) is 10.3. The molecule has 1 amide bonds. The molecule has 1 N–H and O–H groups in total. The summed E-state index contributed by atoms with van der Waals surface area (Å²) in [6.07, 6.45) is -0.00680. The van der Waals surface area contributed by atoms with Crippen LogP contribution in [0, 0.1) is 5.92 Å². The summed E-state index contributed by atoms with van der Waals surface area (Å²) < 4.78 is 5.79. The van der Waals surface area contributed by atoms with Crippen LogP contribution < -0.4 is 4.90 Å². The molecule has 1 aromatic heterocycles. The number of amides is 1. The van der Waals surface area contributed by atoms with Crippen molar-refractivity contribution < 1.29 is 19.1 Å². The normalized spacial score (nSPS) is 17.2. The number of fused-ring (bicyclic) bond motifs is 1. The van der Waals surface area contributed by atoms with Gasteiger partial charge in [0, 0.05) is 24.7 Å². The fourth-order valence-corrected chi connectivity index (χ4v) is 3.37. The molecule has 1 saturated heterocycles. The van der Waals surface area contributed by atoms with Gasteiger partial charge in [-0.25, -0.2) is 4.98 Å². The molecule has 1 fully saturated rings. The molecule has 1 aliphatic heterocycles. The summed E-state index contributed by atoms with van der Waals surface area (Å²) in [5.41, 5.74) is 2.22. The van der Waals surface area contributed by atoms with E-state index in [1.54, 1.807) is 36.4 Å². The van der Waals surface area contributed by atoms with Crippen molar-refractivity contribution in [3.8, 4) is 11.5 Å². The van der Waals surface area contributed by atoms with Gasteiger partial charge in [0.25, 0.3) is 0 Å². The van der Waals surface area contributed by atoms with Crippen LogP contribution in [-0.4, -0.2) is 28.5 Å². The smallest absolute Gasteiger partial charge is 0.308 e. The predicted molar refractivity (Wildman–Crippen MR) is 97.6 cm³/mol. The number of aliphatic carboxylic acids is 1. The van der Waals surface area contributed by atoms with E-state index in [9.17, 15) is 9.59 Å². The minimum Gasteiger partial charge on any atom is -0.481 e. The van der Waals surface area contributed by atoms with Crippen LogP contribution in [0.5, 0.6) is 0 Å². The van der Waals surface area contributed by atoms with Crippen LogP contribution >= 0.6 is 23.2 Å². The van der Waals surface area contributed by atoms with Crippen molar-refractivity contribution in [2.75, 3.05) is 11.4 Å². The molecule has 3 aromatic rings. The third-order valence-corrected chi connectivity index (χ3v) is 5.16. The van der Waals surface area contributed by atoms with Gasteiger partial charge in [0.15, 0.2) is 5.58 Å². The lowest BCUT2D eigenvalue weighted by Crippen LogP contribution is -2.25. The zero-order valence-corrected chi connectivity index (χ0v) is 14.8. The number of benzene rings is 2. The zero-order chi connectivity index (χ0) is 18.4. The number of carbonyl (C=O) groups excluding carboxylic acids is 1. The second-order valence-corrected chi connectivity index (χ2v) is 6.80. The molecule has 2 heterocycles. The van der Waals surface area contributed by atoms with Gasteiger partial charge in [-0.2, -0.15) is 0 Å². The van der Waals surface area contributed by atoms with E-state index in [0.29, 0.717) is 38.3 Å². The first-order valence-corrected chi connectivity index (χ1v) is 8.58. The van der Waals surface area contributed by atoms with E-state index < -0.39 is 11.9 Å². The first-order chi connectivity index (χ1) is 12.4. The Hall–Kier alpha value is -2.57. The predicted octanol–water partition coefficient (Wildman–Crippen LogP) is 4.24. The monoisotopic (exact) mass is 390 g/mol. The van der Waals surface area contributed by atoms with Crippen LogP contribution in [0.4, 0.5) is 5.69 Å². The van der Waals surface area contributed by atoms with Crippen LogP contribution in [0.15, 0.2) is 40.8 Å². The largest absolute Gasteiger partial charge is 0.481 e. The molecule has 1 atom stereocenters. The maximum absolute atomic E-state index is 12.1. The summed E-state index contributed by atoms with van der Waals surface area (Å²) in [6.45, 7) is 0.140. The van der Waals surface area contributed by atoms with Gasteiger partial charge in [0.1, 0.15) is 5.52 Å². The number of hydrogen-bond donors (Lipinski definition) is 1. The Labute approximate surface area is 157 Å². The van der Waals surface area contributed by atoms with Gasteiger partial charge < -0.3 is 14.4 Å². The van der Waals surface area contributed by atoms with E-state index in [-0.39, 0.29) is 18.9 Å². The van der Waals surface area contributed by atoms with E-state index in [0.717, 1.165) is 0 Å². The van der Waals surface area contributed by atoms with E-state index in [1.807, 2.05) is 0 Å². The highest BCUT2D eigenvalue weighted by molar-refractivity contribution is 6.43. The molecule has 0 spiro atoms. The maximum atomic E-state index is 12.1. The molecule has 4 rings (SSSR count). The molecule has 0 bridgehead atoms. The van der Waals surface area contributed by atoms with Crippen LogP contribution in [0.25, 0.3) is 22.6 Å². The third kappa shape index (κ3) is 2.81. The summed E-state index contributed by atoms with van der Waals surface area (Å²) >= 11 is 12.3. The quantitative estimate of drug-likeness (QED) is 0.722. The average Bonchev–Trinajstić information content (AvgIpc) is 3.20. The highest BCUT2D eigenvalue weighted by atomic mass is 35.5. The standard InChI is InChI=1S/C18H12Cl2N2O4/c19-12-3-1-2-11(16(12)20)17-21-13-5-4-10(7-14(13)26-17)22-8-9(18(24)25)6-15(22)23/h1-5,7,9H,6,8H2,(H,24,25)/t9-/m0/s1. The maximum Gasteiger partial charge on any atom is 0.308 e. The van der Waals surface area contributed by atoms with Crippen LogP contribution in [0.3, 0.4) is 0 Å². The minimum absolute atomic E-state index is 0.00680. The Balaban J connectivity index is 1.72. The Morgan fingerprint density at radius 1 is 1.27 bits per heavy atom. The number of anilines is 1. The molecule has 1 aliphatic rings. The van der Waals surface area contributed by atoms with Crippen molar-refractivity contribution in [1.82, 2.24) is 4.98 Å². The highest BCUT2D eigenvalue weighted by Crippen LogP contribution is 2.35. The Bertz CT molecular complexity index is 1050. The van der Waals surface area contributed by atoms with Gasteiger partial charge >= 0.3 is 5.97 Å². The molecule has 132 valence electrons. The molecule has 8 heteroatoms. The fraction of sp³-hybridized carbons (Fsp3) is 0.167. The number of hydrogen-bond acceptors (Lipinski definition) is 4. The molecule has 6 nitrogen and oxygen atoms in total. The number of rotatable bonds is 3. The zero-order valence-electron chi connectivity index (χ0n) is 13.3. The summed E-state index contributed by atoms with van der Waals surface area (Å²) in [4.78, 5) is 29.1. The molecule has 26 heavy (non-hydrogen) atoms. The molecule has 0 aliphatic carbocycles. The van der Waals surface area contributed by atoms with Crippen molar-refractivity contribution in [2.24, 2.45) is 5.92 Å². The van der Waals surface area contributed by atoms with Gasteiger partial charge in [0.05, 0.1) is 21.5 Å². The molecular weight excluding hydrogens is 379 g/mol. The second kappa shape index (κ2) is 6.30. The molecule has 0 saturated carbocycles. The van der Waals surface area contributed by atoms with Crippen molar-refractivity contribution in [3.63, 3.8) is 0 Å². The Morgan fingerprint density at radius 2 is 2.08 bits per heavy atom. The number of oxazole rings is 1. The third-order valence-electron chi connectivity index (χ3n) is 4.34. The lowest BCUT2D eigenvalue weighted by molar-refractivity contribution is -0.141. The summed E-state index contributed by atoms with van der Waals surface area (Å²) in [7, 11) is 0. The minimum atomic E-state index is -0.973. The van der Waals surface area contributed by atoms with Gasteiger partial charge in [0.2, 0.25) is 11.8 Å². The highest BCUT2D eigenvalue weighted by Gasteiger charge is 2.35. The van der Waals surface area contributed by atoms with E-state index in [4.69, 9.17) is 32.7 Å². The molecular formula is C18H12Cl2N2O4. The lowest BCUT2D eigenvalue weighted by atomic mass is 10.1. The SMILES string of the molecule is O=C(O)[C@H]1CC(=O)N(c2ccc3nc(-c4cccc(Cl)c4Cl)oc3c2)C1. The summed E-state index contributed by atoms with van der Waals surface area (Å²) in [5.74, 6) is -1.58.